The van der Waals surface area contributed by atoms with E-state index in [1.807, 2.05) is 19.1 Å². The molecule has 1 N–H and O–H groups in total. The van der Waals surface area contributed by atoms with Gasteiger partial charge < -0.3 is 5.32 Å². The Hall–Kier alpha value is -1.67. The van der Waals surface area contributed by atoms with Gasteiger partial charge in [0.2, 0.25) is 0 Å². The first kappa shape index (κ1) is 14.3. The molecular formula is C19H22FN. The minimum atomic E-state index is -0.0985. The Morgan fingerprint density at radius 3 is 2.81 bits per heavy atom. The van der Waals surface area contributed by atoms with Gasteiger partial charge in [0.1, 0.15) is 5.82 Å². The zero-order valence-electron chi connectivity index (χ0n) is 12.7. The molecule has 0 aromatic heterocycles. The van der Waals surface area contributed by atoms with Crippen LogP contribution in [0, 0.1) is 12.7 Å². The number of hydrogen-bond acceptors (Lipinski definition) is 1. The Morgan fingerprint density at radius 2 is 2.05 bits per heavy atom. The highest BCUT2D eigenvalue weighted by Gasteiger charge is 2.34. The summed E-state index contributed by atoms with van der Waals surface area (Å²) < 4.78 is 14.3. The molecule has 2 aromatic rings. The SMILES string of the molecule is CCCNC(c1cc(C)ccc1F)C1Cc2ccccc21. The number of fused-ring (bicyclic) bond motifs is 1. The number of nitrogens with one attached hydrogen (secondary N) is 1. The summed E-state index contributed by atoms with van der Waals surface area (Å²) in [6, 6.07) is 14.0. The molecule has 0 saturated carbocycles. The fraction of sp³-hybridized carbons (Fsp3) is 0.368. The van der Waals surface area contributed by atoms with E-state index in [1.165, 1.54) is 11.1 Å². The fourth-order valence-corrected chi connectivity index (χ4v) is 3.27. The third-order valence-electron chi connectivity index (χ3n) is 4.40. The number of rotatable bonds is 5. The smallest absolute Gasteiger partial charge is 0.128 e. The number of hydrogen-bond donors (Lipinski definition) is 1. The molecule has 1 aliphatic carbocycles. The van der Waals surface area contributed by atoms with Gasteiger partial charge in [0, 0.05) is 17.5 Å². The molecule has 0 bridgehead atoms. The predicted octanol–water partition coefficient (Wildman–Crippen LogP) is 4.51. The monoisotopic (exact) mass is 283 g/mol. The van der Waals surface area contributed by atoms with Crippen molar-refractivity contribution in [3.05, 3.63) is 70.5 Å². The van der Waals surface area contributed by atoms with Crippen molar-refractivity contribution in [2.75, 3.05) is 6.54 Å². The van der Waals surface area contributed by atoms with Gasteiger partial charge >= 0.3 is 0 Å². The number of aryl methyl sites for hydroxylation is 1. The molecule has 0 amide bonds. The van der Waals surface area contributed by atoms with Gasteiger partial charge in [-0.1, -0.05) is 48.9 Å². The molecule has 0 heterocycles. The van der Waals surface area contributed by atoms with E-state index in [9.17, 15) is 4.39 Å². The van der Waals surface area contributed by atoms with Crippen LogP contribution >= 0.6 is 0 Å². The molecule has 2 unspecified atom stereocenters. The van der Waals surface area contributed by atoms with Crippen LogP contribution in [0.5, 0.6) is 0 Å². The summed E-state index contributed by atoms with van der Waals surface area (Å²) in [6.07, 6.45) is 2.09. The van der Waals surface area contributed by atoms with Crippen molar-refractivity contribution in [2.45, 2.75) is 38.6 Å². The Balaban J connectivity index is 1.94. The first-order valence-corrected chi connectivity index (χ1v) is 7.78. The van der Waals surface area contributed by atoms with E-state index in [-0.39, 0.29) is 11.9 Å². The van der Waals surface area contributed by atoms with Crippen LogP contribution in [0.2, 0.25) is 0 Å². The first-order chi connectivity index (χ1) is 10.2. The molecule has 110 valence electrons. The van der Waals surface area contributed by atoms with Gasteiger partial charge in [-0.05, 0) is 43.5 Å². The lowest BCUT2D eigenvalue weighted by atomic mass is 9.71. The zero-order valence-corrected chi connectivity index (χ0v) is 12.7. The van der Waals surface area contributed by atoms with E-state index in [0.29, 0.717) is 5.92 Å². The Kier molecular flexibility index (Phi) is 4.07. The van der Waals surface area contributed by atoms with Crippen LogP contribution in [0.4, 0.5) is 4.39 Å². The molecule has 2 heteroatoms. The molecule has 0 aliphatic heterocycles. The molecule has 1 nitrogen and oxygen atoms in total. The van der Waals surface area contributed by atoms with Gasteiger partial charge in [0.25, 0.3) is 0 Å². The topological polar surface area (TPSA) is 12.0 Å². The molecule has 0 spiro atoms. The second kappa shape index (κ2) is 5.98. The number of halogens is 1. The Bertz CT molecular complexity index is 635. The highest BCUT2D eigenvalue weighted by Crippen LogP contribution is 2.44. The third kappa shape index (κ3) is 2.73. The van der Waals surface area contributed by atoms with E-state index in [0.717, 1.165) is 30.5 Å². The maximum atomic E-state index is 14.3. The molecule has 2 atom stereocenters. The molecule has 0 fully saturated rings. The Labute approximate surface area is 126 Å². The van der Waals surface area contributed by atoms with Crippen molar-refractivity contribution in [3.63, 3.8) is 0 Å². The first-order valence-electron chi connectivity index (χ1n) is 7.78. The standard InChI is InChI=1S/C19H22FN/c1-3-10-21-19(17-11-13(2)8-9-18(17)20)16-12-14-6-4-5-7-15(14)16/h4-9,11,16,19,21H,3,10,12H2,1-2H3. The summed E-state index contributed by atoms with van der Waals surface area (Å²) in [5, 5.41) is 3.56. The maximum absolute atomic E-state index is 14.3. The van der Waals surface area contributed by atoms with Crippen molar-refractivity contribution in [1.29, 1.82) is 0 Å². The minimum Gasteiger partial charge on any atom is -0.309 e. The average Bonchev–Trinajstić information content (AvgIpc) is 2.46. The van der Waals surface area contributed by atoms with Gasteiger partial charge in [-0.15, -0.1) is 0 Å². The van der Waals surface area contributed by atoms with Gasteiger partial charge in [-0.25, -0.2) is 4.39 Å². The predicted molar refractivity (Wildman–Crippen MR) is 85.1 cm³/mol. The van der Waals surface area contributed by atoms with E-state index >= 15 is 0 Å². The van der Waals surface area contributed by atoms with Crippen molar-refractivity contribution < 1.29 is 4.39 Å². The molecule has 0 radical (unpaired) electrons. The second-order valence-electron chi connectivity index (χ2n) is 5.97. The van der Waals surface area contributed by atoms with Gasteiger partial charge in [-0.3, -0.25) is 0 Å². The molecule has 2 aromatic carbocycles. The third-order valence-corrected chi connectivity index (χ3v) is 4.40. The van der Waals surface area contributed by atoms with Gasteiger partial charge in [0.05, 0.1) is 0 Å². The van der Waals surface area contributed by atoms with Crippen LogP contribution in [0.1, 0.15) is 47.6 Å². The van der Waals surface area contributed by atoms with E-state index in [4.69, 9.17) is 0 Å². The fourth-order valence-electron chi connectivity index (χ4n) is 3.27. The van der Waals surface area contributed by atoms with E-state index in [2.05, 4.69) is 36.5 Å². The van der Waals surface area contributed by atoms with Crippen molar-refractivity contribution in [3.8, 4) is 0 Å². The van der Waals surface area contributed by atoms with Crippen LogP contribution in [-0.2, 0) is 6.42 Å². The molecule has 3 rings (SSSR count). The lowest BCUT2D eigenvalue weighted by Gasteiger charge is -2.37. The molecule has 1 aliphatic rings. The zero-order chi connectivity index (χ0) is 14.8. The van der Waals surface area contributed by atoms with Crippen LogP contribution in [0.15, 0.2) is 42.5 Å². The largest absolute Gasteiger partial charge is 0.309 e. The number of benzene rings is 2. The van der Waals surface area contributed by atoms with Crippen LogP contribution in [-0.4, -0.2) is 6.54 Å². The molecular weight excluding hydrogens is 261 g/mol. The van der Waals surface area contributed by atoms with Crippen LogP contribution < -0.4 is 5.32 Å². The quantitative estimate of drug-likeness (QED) is 0.851. The summed E-state index contributed by atoms with van der Waals surface area (Å²) in [6.45, 7) is 5.08. The van der Waals surface area contributed by atoms with Crippen molar-refractivity contribution in [1.82, 2.24) is 5.32 Å². The summed E-state index contributed by atoms with van der Waals surface area (Å²) in [7, 11) is 0. The van der Waals surface area contributed by atoms with Gasteiger partial charge in [0.15, 0.2) is 0 Å². The van der Waals surface area contributed by atoms with Gasteiger partial charge in [-0.2, -0.15) is 0 Å². The minimum absolute atomic E-state index is 0.0692. The van der Waals surface area contributed by atoms with Crippen molar-refractivity contribution in [2.24, 2.45) is 0 Å². The molecule has 21 heavy (non-hydrogen) atoms. The highest BCUT2D eigenvalue weighted by atomic mass is 19.1. The van der Waals surface area contributed by atoms with E-state index in [1.54, 1.807) is 6.07 Å². The second-order valence-corrected chi connectivity index (χ2v) is 5.97. The summed E-state index contributed by atoms with van der Waals surface area (Å²) in [5.41, 5.74) is 4.69. The maximum Gasteiger partial charge on any atom is 0.128 e. The van der Waals surface area contributed by atoms with E-state index < -0.39 is 0 Å². The normalized spacial score (nSPS) is 18.0. The summed E-state index contributed by atoms with van der Waals surface area (Å²) in [5.74, 6) is 0.280. The summed E-state index contributed by atoms with van der Waals surface area (Å²) in [4.78, 5) is 0. The van der Waals surface area contributed by atoms with Crippen LogP contribution in [0.25, 0.3) is 0 Å². The lowest BCUT2D eigenvalue weighted by molar-refractivity contribution is 0.398. The average molecular weight is 283 g/mol. The molecule has 0 saturated heterocycles. The van der Waals surface area contributed by atoms with Crippen molar-refractivity contribution >= 4 is 0 Å². The lowest BCUT2D eigenvalue weighted by Crippen LogP contribution is -2.34. The highest BCUT2D eigenvalue weighted by molar-refractivity contribution is 5.43. The summed E-state index contributed by atoms with van der Waals surface area (Å²) >= 11 is 0. The van der Waals surface area contributed by atoms with Crippen LogP contribution in [0.3, 0.4) is 0 Å². The Morgan fingerprint density at radius 1 is 1.24 bits per heavy atom.